The number of aromatic nitrogens is 2. The van der Waals surface area contributed by atoms with E-state index in [1.807, 2.05) is 31.2 Å². The van der Waals surface area contributed by atoms with Gasteiger partial charge in [-0.3, -0.25) is 0 Å². The van der Waals surface area contributed by atoms with E-state index in [1.54, 1.807) is 6.07 Å². The molecule has 0 bridgehead atoms. The number of carbonyl (C=O) groups excluding carboxylic acids is 1. The predicted molar refractivity (Wildman–Crippen MR) is 70.0 cm³/mol. The van der Waals surface area contributed by atoms with Crippen LogP contribution in [0.1, 0.15) is 17.3 Å². The van der Waals surface area contributed by atoms with E-state index in [0.29, 0.717) is 17.9 Å². The molecule has 98 valence electrons. The van der Waals surface area contributed by atoms with Gasteiger partial charge in [0.05, 0.1) is 31.2 Å². The molecule has 5 heteroatoms. The Morgan fingerprint density at radius 2 is 2.00 bits per heavy atom. The van der Waals surface area contributed by atoms with Crippen molar-refractivity contribution in [3.63, 3.8) is 0 Å². The van der Waals surface area contributed by atoms with Crippen LogP contribution in [0.2, 0.25) is 0 Å². The zero-order chi connectivity index (χ0) is 13.7. The van der Waals surface area contributed by atoms with E-state index in [2.05, 4.69) is 14.9 Å². The number of carbonyl (C=O) groups is 1. The summed E-state index contributed by atoms with van der Waals surface area (Å²) < 4.78 is 10.0. The number of ether oxygens (including phenoxy) is 2. The van der Waals surface area contributed by atoms with Crippen LogP contribution in [0, 0.1) is 0 Å². The first-order valence-corrected chi connectivity index (χ1v) is 5.89. The lowest BCUT2D eigenvalue weighted by atomic mass is 10.1. The SMILES string of the molecule is CCOc1ccc(-c2cc(C(=O)OC)cnn2)cc1. The molecule has 1 aromatic heterocycles. The van der Waals surface area contributed by atoms with E-state index in [-0.39, 0.29) is 0 Å². The van der Waals surface area contributed by atoms with Gasteiger partial charge in [0.2, 0.25) is 0 Å². The smallest absolute Gasteiger partial charge is 0.339 e. The fourth-order valence-electron chi connectivity index (χ4n) is 1.63. The Labute approximate surface area is 111 Å². The number of hydrogen-bond acceptors (Lipinski definition) is 5. The molecule has 0 saturated heterocycles. The van der Waals surface area contributed by atoms with Crippen LogP contribution >= 0.6 is 0 Å². The molecule has 0 aliphatic heterocycles. The standard InChI is InChI=1S/C14H14N2O3/c1-3-19-12-6-4-10(5-7-12)13-8-11(9-15-16-13)14(17)18-2/h4-9H,3H2,1-2H3. The highest BCUT2D eigenvalue weighted by Crippen LogP contribution is 2.21. The molecule has 1 heterocycles. The molecule has 0 amide bonds. The van der Waals surface area contributed by atoms with Gasteiger partial charge in [-0.15, -0.1) is 0 Å². The fraction of sp³-hybridized carbons (Fsp3) is 0.214. The normalized spacial score (nSPS) is 10.0. The van der Waals surface area contributed by atoms with Crippen molar-refractivity contribution in [3.8, 4) is 17.0 Å². The van der Waals surface area contributed by atoms with Gasteiger partial charge >= 0.3 is 5.97 Å². The summed E-state index contributed by atoms with van der Waals surface area (Å²) in [6, 6.07) is 9.09. The minimum atomic E-state index is -0.429. The van der Waals surface area contributed by atoms with Gasteiger partial charge in [0.25, 0.3) is 0 Å². The van der Waals surface area contributed by atoms with Crippen molar-refractivity contribution >= 4 is 5.97 Å². The highest BCUT2D eigenvalue weighted by atomic mass is 16.5. The van der Waals surface area contributed by atoms with Crippen LogP contribution in [0.3, 0.4) is 0 Å². The Balaban J connectivity index is 2.28. The highest BCUT2D eigenvalue weighted by molar-refractivity contribution is 5.90. The second-order valence-electron chi connectivity index (χ2n) is 3.78. The van der Waals surface area contributed by atoms with Crippen LogP contribution in [0.25, 0.3) is 11.3 Å². The third-order valence-corrected chi connectivity index (χ3v) is 2.54. The van der Waals surface area contributed by atoms with Crippen LogP contribution in [0.15, 0.2) is 36.5 Å². The summed E-state index contributed by atoms with van der Waals surface area (Å²) >= 11 is 0. The summed E-state index contributed by atoms with van der Waals surface area (Å²) in [7, 11) is 1.33. The maximum atomic E-state index is 11.4. The second-order valence-corrected chi connectivity index (χ2v) is 3.78. The third-order valence-electron chi connectivity index (χ3n) is 2.54. The summed E-state index contributed by atoms with van der Waals surface area (Å²) in [5.74, 6) is 0.366. The number of rotatable bonds is 4. The highest BCUT2D eigenvalue weighted by Gasteiger charge is 2.08. The topological polar surface area (TPSA) is 61.3 Å². The van der Waals surface area contributed by atoms with Gasteiger partial charge in [0, 0.05) is 5.56 Å². The molecule has 0 unspecified atom stereocenters. The Kier molecular flexibility index (Phi) is 4.07. The third kappa shape index (κ3) is 3.07. The van der Waals surface area contributed by atoms with Gasteiger partial charge in [-0.1, -0.05) is 0 Å². The molecule has 5 nitrogen and oxygen atoms in total. The molecule has 0 saturated carbocycles. The fourth-order valence-corrected chi connectivity index (χ4v) is 1.63. The molecule has 0 N–H and O–H groups in total. The van der Waals surface area contributed by atoms with E-state index < -0.39 is 5.97 Å². The summed E-state index contributed by atoms with van der Waals surface area (Å²) in [6.45, 7) is 2.55. The van der Waals surface area contributed by atoms with E-state index in [4.69, 9.17) is 4.74 Å². The van der Waals surface area contributed by atoms with E-state index in [1.165, 1.54) is 13.3 Å². The lowest BCUT2D eigenvalue weighted by Crippen LogP contribution is -2.03. The number of hydrogen-bond donors (Lipinski definition) is 0. The van der Waals surface area contributed by atoms with Crippen LogP contribution in [-0.2, 0) is 4.74 Å². The van der Waals surface area contributed by atoms with Gasteiger partial charge in [0.1, 0.15) is 5.75 Å². The van der Waals surface area contributed by atoms with E-state index >= 15 is 0 Å². The summed E-state index contributed by atoms with van der Waals surface area (Å²) in [5, 5.41) is 7.81. The largest absolute Gasteiger partial charge is 0.494 e. The van der Waals surface area contributed by atoms with Crippen molar-refractivity contribution in [1.29, 1.82) is 0 Å². The van der Waals surface area contributed by atoms with Crippen molar-refractivity contribution in [2.24, 2.45) is 0 Å². The lowest BCUT2D eigenvalue weighted by molar-refractivity contribution is 0.0600. The number of benzene rings is 1. The minimum absolute atomic E-state index is 0.376. The van der Waals surface area contributed by atoms with E-state index in [9.17, 15) is 4.79 Å². The van der Waals surface area contributed by atoms with Gasteiger partial charge in [-0.05, 0) is 37.3 Å². The van der Waals surface area contributed by atoms with Gasteiger partial charge < -0.3 is 9.47 Å². The van der Waals surface area contributed by atoms with Crippen LogP contribution in [-0.4, -0.2) is 29.9 Å². The Bertz CT molecular complexity index is 567. The zero-order valence-corrected chi connectivity index (χ0v) is 10.8. The van der Waals surface area contributed by atoms with Crippen molar-refractivity contribution in [1.82, 2.24) is 10.2 Å². The monoisotopic (exact) mass is 258 g/mol. The van der Waals surface area contributed by atoms with Crippen LogP contribution in [0.5, 0.6) is 5.75 Å². The average Bonchev–Trinajstić information content (AvgIpc) is 2.48. The molecule has 0 fully saturated rings. The molecule has 19 heavy (non-hydrogen) atoms. The first kappa shape index (κ1) is 13.0. The number of nitrogens with zero attached hydrogens (tertiary/aromatic N) is 2. The van der Waals surface area contributed by atoms with Crippen molar-refractivity contribution in [3.05, 3.63) is 42.1 Å². The number of esters is 1. The molecule has 0 aliphatic rings. The quantitative estimate of drug-likeness (QED) is 0.788. The molecule has 2 rings (SSSR count). The molecular weight excluding hydrogens is 244 g/mol. The van der Waals surface area contributed by atoms with Crippen molar-refractivity contribution in [2.45, 2.75) is 6.92 Å². The van der Waals surface area contributed by atoms with E-state index in [0.717, 1.165) is 11.3 Å². The first-order chi connectivity index (χ1) is 9.24. The average molecular weight is 258 g/mol. The maximum absolute atomic E-state index is 11.4. The van der Waals surface area contributed by atoms with Gasteiger partial charge in [0.15, 0.2) is 0 Å². The molecule has 1 aromatic carbocycles. The summed E-state index contributed by atoms with van der Waals surface area (Å²) in [6.07, 6.45) is 1.38. The molecule has 0 aliphatic carbocycles. The Morgan fingerprint density at radius 3 is 2.63 bits per heavy atom. The second kappa shape index (κ2) is 5.95. The first-order valence-electron chi connectivity index (χ1n) is 5.89. The Morgan fingerprint density at radius 1 is 1.26 bits per heavy atom. The van der Waals surface area contributed by atoms with Gasteiger partial charge in [-0.2, -0.15) is 10.2 Å². The molecular formula is C14H14N2O3. The number of methoxy groups -OCH3 is 1. The molecule has 0 radical (unpaired) electrons. The maximum Gasteiger partial charge on any atom is 0.339 e. The summed E-state index contributed by atoms with van der Waals surface area (Å²) in [4.78, 5) is 11.4. The van der Waals surface area contributed by atoms with Crippen molar-refractivity contribution in [2.75, 3.05) is 13.7 Å². The zero-order valence-electron chi connectivity index (χ0n) is 10.8. The predicted octanol–water partition coefficient (Wildman–Crippen LogP) is 2.33. The van der Waals surface area contributed by atoms with Crippen LogP contribution in [0.4, 0.5) is 0 Å². The minimum Gasteiger partial charge on any atom is -0.494 e. The molecule has 2 aromatic rings. The molecule has 0 atom stereocenters. The van der Waals surface area contributed by atoms with Crippen molar-refractivity contribution < 1.29 is 14.3 Å². The molecule has 0 spiro atoms. The van der Waals surface area contributed by atoms with Crippen LogP contribution < -0.4 is 4.74 Å². The van der Waals surface area contributed by atoms with Gasteiger partial charge in [-0.25, -0.2) is 4.79 Å². The summed E-state index contributed by atoms with van der Waals surface area (Å²) in [5.41, 5.74) is 1.86. The lowest BCUT2D eigenvalue weighted by Gasteiger charge is -2.05. The Hall–Kier alpha value is -2.43.